The monoisotopic (exact) mass is 320 g/mol. The van der Waals surface area contributed by atoms with Crippen LogP contribution in [0.1, 0.15) is 18.7 Å². The fourth-order valence-corrected chi connectivity index (χ4v) is 3.43. The molecule has 19 heavy (non-hydrogen) atoms. The van der Waals surface area contributed by atoms with Crippen LogP contribution < -0.4 is 5.56 Å². The number of fused-ring (bicyclic) bond motifs is 3. The van der Waals surface area contributed by atoms with Gasteiger partial charge in [0.25, 0.3) is 5.56 Å². The van der Waals surface area contributed by atoms with Crippen LogP contribution in [0.2, 0.25) is 0 Å². The van der Waals surface area contributed by atoms with Crippen molar-refractivity contribution in [2.45, 2.75) is 32.0 Å². The van der Waals surface area contributed by atoms with Gasteiger partial charge < -0.3 is 0 Å². The Morgan fingerprint density at radius 2 is 2.21 bits per heavy atom. The van der Waals surface area contributed by atoms with Crippen molar-refractivity contribution < 1.29 is 0 Å². The maximum Gasteiger partial charge on any atom is 0.263 e. The minimum atomic E-state index is 0.0477. The van der Waals surface area contributed by atoms with Crippen LogP contribution in [-0.2, 0) is 13.1 Å². The molecular formula is C13H13BrN4O. The third-order valence-electron chi connectivity index (χ3n) is 4.10. The Morgan fingerprint density at radius 1 is 1.32 bits per heavy atom. The van der Waals surface area contributed by atoms with Crippen molar-refractivity contribution in [3.8, 4) is 0 Å². The largest absolute Gasteiger partial charge is 0.293 e. The molecule has 2 aliphatic heterocycles. The topological polar surface area (TPSA) is 51.0 Å². The van der Waals surface area contributed by atoms with E-state index in [1.54, 1.807) is 12.1 Å². The smallest absolute Gasteiger partial charge is 0.263 e. The number of halogens is 1. The van der Waals surface area contributed by atoms with Crippen LogP contribution in [0.25, 0.3) is 11.0 Å². The summed E-state index contributed by atoms with van der Waals surface area (Å²) in [6.45, 7) is 2.65. The zero-order valence-electron chi connectivity index (χ0n) is 10.3. The van der Waals surface area contributed by atoms with Crippen molar-refractivity contribution in [1.29, 1.82) is 0 Å². The van der Waals surface area contributed by atoms with Crippen LogP contribution in [0.3, 0.4) is 0 Å². The lowest BCUT2D eigenvalue weighted by Gasteiger charge is -2.31. The molecule has 0 spiro atoms. The quantitative estimate of drug-likeness (QED) is 0.691. The average molecular weight is 321 g/mol. The highest BCUT2D eigenvalue weighted by Gasteiger charge is 2.31. The zero-order valence-corrected chi connectivity index (χ0v) is 11.9. The van der Waals surface area contributed by atoms with Gasteiger partial charge in [0.15, 0.2) is 5.65 Å². The average Bonchev–Trinajstić information content (AvgIpc) is 2.84. The molecular weight excluding hydrogens is 308 g/mol. The molecule has 0 aliphatic carbocycles. The third kappa shape index (κ3) is 1.74. The molecule has 98 valence electrons. The summed E-state index contributed by atoms with van der Waals surface area (Å²) in [5.74, 6) is 0.848. The SMILES string of the molecule is O=c1c2ccc(Br)nc2nc2n1CC1CCCN1C2. The van der Waals surface area contributed by atoms with Gasteiger partial charge in [0, 0.05) is 12.6 Å². The zero-order chi connectivity index (χ0) is 13.0. The van der Waals surface area contributed by atoms with Crippen LogP contribution in [0.5, 0.6) is 0 Å². The molecule has 2 aliphatic rings. The highest BCUT2D eigenvalue weighted by atomic mass is 79.9. The fraction of sp³-hybridized carbons (Fsp3) is 0.462. The van der Waals surface area contributed by atoms with Gasteiger partial charge in [-0.2, -0.15) is 0 Å². The van der Waals surface area contributed by atoms with Crippen molar-refractivity contribution in [3.05, 3.63) is 32.9 Å². The Balaban J connectivity index is 1.95. The van der Waals surface area contributed by atoms with Gasteiger partial charge in [-0.05, 0) is 47.4 Å². The van der Waals surface area contributed by atoms with Gasteiger partial charge in [0.05, 0.1) is 11.9 Å². The predicted molar refractivity (Wildman–Crippen MR) is 74.9 cm³/mol. The van der Waals surface area contributed by atoms with Crippen molar-refractivity contribution >= 4 is 27.0 Å². The van der Waals surface area contributed by atoms with Crippen molar-refractivity contribution in [1.82, 2.24) is 19.4 Å². The lowest BCUT2D eigenvalue weighted by atomic mass is 10.2. The first-order valence-corrected chi connectivity index (χ1v) is 7.32. The number of hydrogen-bond acceptors (Lipinski definition) is 4. The normalized spacial score (nSPS) is 22.5. The van der Waals surface area contributed by atoms with Gasteiger partial charge in [0.2, 0.25) is 0 Å². The van der Waals surface area contributed by atoms with Crippen molar-refractivity contribution in [2.24, 2.45) is 0 Å². The molecule has 1 unspecified atom stereocenters. The molecule has 1 atom stereocenters. The Labute approximate surface area is 118 Å². The highest BCUT2D eigenvalue weighted by molar-refractivity contribution is 9.10. The van der Waals surface area contributed by atoms with Crippen LogP contribution in [-0.4, -0.2) is 32.0 Å². The summed E-state index contributed by atoms with van der Waals surface area (Å²) in [6.07, 6.45) is 2.40. The van der Waals surface area contributed by atoms with E-state index < -0.39 is 0 Å². The summed E-state index contributed by atoms with van der Waals surface area (Å²) in [5, 5.41) is 0.610. The Hall–Kier alpha value is -1.27. The Bertz CT molecular complexity index is 726. The van der Waals surface area contributed by atoms with E-state index in [4.69, 9.17) is 0 Å². The summed E-state index contributed by atoms with van der Waals surface area (Å²) < 4.78 is 2.55. The van der Waals surface area contributed by atoms with Gasteiger partial charge >= 0.3 is 0 Å². The van der Waals surface area contributed by atoms with E-state index >= 15 is 0 Å². The van der Waals surface area contributed by atoms with E-state index in [2.05, 4.69) is 30.8 Å². The molecule has 0 N–H and O–H groups in total. The lowest BCUT2D eigenvalue weighted by molar-refractivity contribution is 0.181. The molecule has 0 amide bonds. The molecule has 0 aromatic carbocycles. The number of rotatable bonds is 0. The summed E-state index contributed by atoms with van der Waals surface area (Å²) in [6, 6.07) is 4.10. The third-order valence-corrected chi connectivity index (χ3v) is 4.54. The molecule has 0 saturated carbocycles. The van der Waals surface area contributed by atoms with E-state index in [0.29, 0.717) is 21.7 Å². The van der Waals surface area contributed by atoms with E-state index in [9.17, 15) is 4.79 Å². The lowest BCUT2D eigenvalue weighted by Crippen LogP contribution is -2.43. The second kappa shape index (κ2) is 4.11. The molecule has 6 heteroatoms. The van der Waals surface area contributed by atoms with Gasteiger partial charge in [-0.25, -0.2) is 9.97 Å². The van der Waals surface area contributed by atoms with E-state index in [1.165, 1.54) is 12.8 Å². The maximum atomic E-state index is 12.5. The fourth-order valence-electron chi connectivity index (χ4n) is 3.13. The van der Waals surface area contributed by atoms with E-state index in [-0.39, 0.29) is 5.56 Å². The van der Waals surface area contributed by atoms with Crippen molar-refractivity contribution in [2.75, 3.05) is 6.54 Å². The number of hydrogen-bond donors (Lipinski definition) is 0. The summed E-state index contributed by atoms with van der Waals surface area (Å²) in [4.78, 5) is 23.8. The molecule has 4 rings (SSSR count). The molecule has 0 radical (unpaired) electrons. The van der Waals surface area contributed by atoms with Gasteiger partial charge in [-0.1, -0.05) is 0 Å². The molecule has 2 aromatic rings. The molecule has 0 bridgehead atoms. The van der Waals surface area contributed by atoms with Gasteiger partial charge in [-0.3, -0.25) is 14.3 Å². The number of nitrogens with zero attached hydrogens (tertiary/aromatic N) is 4. The highest BCUT2D eigenvalue weighted by Crippen LogP contribution is 2.25. The minimum Gasteiger partial charge on any atom is -0.293 e. The molecule has 1 fully saturated rings. The minimum absolute atomic E-state index is 0.0477. The van der Waals surface area contributed by atoms with Crippen LogP contribution in [0.15, 0.2) is 21.5 Å². The molecule has 4 heterocycles. The standard InChI is InChI=1S/C13H13BrN4O/c14-10-4-3-9-12(15-10)16-11-7-17-5-1-2-8(17)6-18(11)13(9)19/h3-4,8H,1-2,5-7H2. The molecule has 1 saturated heterocycles. The van der Waals surface area contributed by atoms with Gasteiger partial charge in [0.1, 0.15) is 10.4 Å². The second-order valence-electron chi connectivity index (χ2n) is 5.22. The summed E-state index contributed by atoms with van der Waals surface area (Å²) >= 11 is 3.33. The van der Waals surface area contributed by atoms with E-state index in [0.717, 1.165) is 25.5 Å². The number of aromatic nitrogens is 3. The summed E-state index contributed by atoms with van der Waals surface area (Å²) in [7, 11) is 0. The van der Waals surface area contributed by atoms with Crippen LogP contribution >= 0.6 is 15.9 Å². The van der Waals surface area contributed by atoms with Crippen molar-refractivity contribution in [3.63, 3.8) is 0 Å². The number of pyridine rings is 1. The first-order chi connectivity index (χ1) is 9.22. The van der Waals surface area contributed by atoms with Crippen LogP contribution in [0, 0.1) is 0 Å². The maximum absolute atomic E-state index is 12.5. The predicted octanol–water partition coefficient (Wildman–Crippen LogP) is 1.53. The Kier molecular flexibility index (Phi) is 2.50. The van der Waals surface area contributed by atoms with Crippen LogP contribution in [0.4, 0.5) is 0 Å². The molecule has 5 nitrogen and oxygen atoms in total. The first-order valence-electron chi connectivity index (χ1n) is 6.52. The van der Waals surface area contributed by atoms with E-state index in [1.807, 2.05) is 4.57 Å². The van der Waals surface area contributed by atoms with Gasteiger partial charge in [-0.15, -0.1) is 0 Å². The Morgan fingerprint density at radius 3 is 3.11 bits per heavy atom. The second-order valence-corrected chi connectivity index (χ2v) is 6.03. The first kappa shape index (κ1) is 11.5. The summed E-state index contributed by atoms with van der Waals surface area (Å²) in [5.41, 5.74) is 0.592. The molecule has 2 aromatic heterocycles.